The highest BCUT2D eigenvalue weighted by Gasteiger charge is 2.09. The highest BCUT2D eigenvalue weighted by atomic mass is 32.2. The van der Waals surface area contributed by atoms with Gasteiger partial charge in [-0.1, -0.05) is 0 Å². The van der Waals surface area contributed by atoms with Crippen molar-refractivity contribution in [3.8, 4) is 5.75 Å². The van der Waals surface area contributed by atoms with Gasteiger partial charge in [-0.2, -0.15) is 5.10 Å². The Labute approximate surface area is 97.9 Å². The molecular weight excluding hydrogens is 246 g/mol. The summed E-state index contributed by atoms with van der Waals surface area (Å²) in [5.41, 5.74) is 6.85. The molecule has 2 amide bonds. The van der Waals surface area contributed by atoms with E-state index in [-0.39, 0.29) is 16.2 Å². The molecule has 0 saturated heterocycles. The molecule has 92 valence electrons. The molecule has 1 aromatic rings. The second-order valence-corrected chi connectivity index (χ2v) is 5.24. The van der Waals surface area contributed by atoms with Crippen LogP contribution in [-0.4, -0.2) is 32.0 Å². The van der Waals surface area contributed by atoms with Crippen LogP contribution in [0.4, 0.5) is 4.79 Å². The lowest BCUT2D eigenvalue weighted by atomic mass is 10.2. The molecule has 0 fully saturated rings. The number of hydrogen-bond donors (Lipinski definition) is 3. The second-order valence-electron chi connectivity index (χ2n) is 3.23. The van der Waals surface area contributed by atoms with E-state index in [0.29, 0.717) is 0 Å². The lowest BCUT2D eigenvalue weighted by Gasteiger charge is -2.02. The number of nitrogens with one attached hydrogen (secondary N) is 1. The summed E-state index contributed by atoms with van der Waals surface area (Å²) in [7, 11) is -3.37. The molecule has 0 saturated carbocycles. The summed E-state index contributed by atoms with van der Waals surface area (Å²) in [5, 5.41) is 12.9. The fraction of sp³-hybridized carbons (Fsp3) is 0.111. The summed E-state index contributed by atoms with van der Waals surface area (Å²) in [6, 6.07) is 2.86. The predicted octanol–water partition coefficient (Wildman–Crippen LogP) is -0.202. The van der Waals surface area contributed by atoms with Crippen LogP contribution in [0.2, 0.25) is 0 Å². The molecule has 8 heteroatoms. The maximum atomic E-state index is 11.3. The van der Waals surface area contributed by atoms with E-state index in [1.165, 1.54) is 18.2 Å². The minimum absolute atomic E-state index is 0.0378. The molecule has 1 rings (SSSR count). The Bertz CT molecular complexity index is 566. The van der Waals surface area contributed by atoms with Crippen molar-refractivity contribution >= 4 is 22.1 Å². The van der Waals surface area contributed by atoms with E-state index < -0.39 is 15.9 Å². The van der Waals surface area contributed by atoms with Gasteiger partial charge in [0.15, 0.2) is 9.84 Å². The predicted molar refractivity (Wildman–Crippen MR) is 61.5 cm³/mol. The summed E-state index contributed by atoms with van der Waals surface area (Å²) >= 11 is 0. The third-order valence-corrected chi connectivity index (χ3v) is 2.92. The molecule has 0 heterocycles. The van der Waals surface area contributed by atoms with E-state index in [1.54, 1.807) is 0 Å². The summed E-state index contributed by atoms with van der Waals surface area (Å²) in [6.07, 6.45) is 2.14. The van der Waals surface area contributed by atoms with Crippen LogP contribution < -0.4 is 11.2 Å². The molecule has 17 heavy (non-hydrogen) atoms. The summed E-state index contributed by atoms with van der Waals surface area (Å²) in [6.45, 7) is 0. The number of nitrogens with zero attached hydrogens (tertiary/aromatic N) is 1. The number of carbonyl (C=O) groups excluding carboxylic acids is 1. The monoisotopic (exact) mass is 257 g/mol. The fourth-order valence-electron chi connectivity index (χ4n) is 1.03. The van der Waals surface area contributed by atoms with E-state index >= 15 is 0 Å². The topological polar surface area (TPSA) is 122 Å². The van der Waals surface area contributed by atoms with Gasteiger partial charge in [0.05, 0.1) is 11.1 Å². The number of nitrogens with two attached hydrogens (primary N) is 1. The van der Waals surface area contributed by atoms with Crippen LogP contribution in [0, 0.1) is 0 Å². The zero-order chi connectivity index (χ0) is 13.1. The first-order chi connectivity index (χ1) is 7.80. The number of urea groups is 1. The number of phenolic OH excluding ortho intramolecular Hbond substituents is 1. The van der Waals surface area contributed by atoms with Crippen molar-refractivity contribution in [3.05, 3.63) is 23.8 Å². The molecule has 0 spiro atoms. The number of hydrazone groups is 1. The van der Waals surface area contributed by atoms with Gasteiger partial charge in [0.1, 0.15) is 5.75 Å². The van der Waals surface area contributed by atoms with Crippen LogP contribution in [-0.2, 0) is 9.84 Å². The van der Waals surface area contributed by atoms with Gasteiger partial charge in [0, 0.05) is 11.8 Å². The third-order valence-electron chi connectivity index (χ3n) is 1.81. The van der Waals surface area contributed by atoms with Gasteiger partial charge in [-0.25, -0.2) is 18.6 Å². The number of amides is 2. The zero-order valence-corrected chi connectivity index (χ0v) is 9.73. The molecule has 0 aliphatic carbocycles. The average molecular weight is 257 g/mol. The Kier molecular flexibility index (Phi) is 3.69. The van der Waals surface area contributed by atoms with Crippen LogP contribution >= 0.6 is 0 Å². The quantitative estimate of drug-likeness (QED) is 0.512. The first-order valence-corrected chi connectivity index (χ1v) is 6.31. The van der Waals surface area contributed by atoms with Gasteiger partial charge in [-0.15, -0.1) is 0 Å². The summed E-state index contributed by atoms with van der Waals surface area (Å²) < 4.78 is 22.5. The Hall–Kier alpha value is -2.09. The Morgan fingerprint density at radius 1 is 1.53 bits per heavy atom. The highest BCUT2D eigenvalue weighted by Crippen LogP contribution is 2.19. The molecule has 0 radical (unpaired) electrons. The van der Waals surface area contributed by atoms with Crippen molar-refractivity contribution in [2.24, 2.45) is 10.8 Å². The van der Waals surface area contributed by atoms with E-state index in [2.05, 4.69) is 5.10 Å². The molecular formula is C9H11N3O4S. The van der Waals surface area contributed by atoms with E-state index in [0.717, 1.165) is 12.5 Å². The number of primary amides is 1. The maximum Gasteiger partial charge on any atom is 0.332 e. The van der Waals surface area contributed by atoms with E-state index in [9.17, 15) is 18.3 Å². The Morgan fingerprint density at radius 2 is 2.18 bits per heavy atom. The van der Waals surface area contributed by atoms with Gasteiger partial charge in [-0.3, -0.25) is 0 Å². The van der Waals surface area contributed by atoms with Crippen molar-refractivity contribution in [1.82, 2.24) is 5.43 Å². The van der Waals surface area contributed by atoms with Gasteiger partial charge < -0.3 is 10.8 Å². The Morgan fingerprint density at radius 3 is 2.71 bits per heavy atom. The van der Waals surface area contributed by atoms with Crippen LogP contribution in [0.25, 0.3) is 0 Å². The van der Waals surface area contributed by atoms with Gasteiger partial charge >= 0.3 is 6.03 Å². The van der Waals surface area contributed by atoms with Crippen LogP contribution in [0.15, 0.2) is 28.2 Å². The molecule has 0 unspecified atom stereocenters. The van der Waals surface area contributed by atoms with Crippen molar-refractivity contribution in [2.45, 2.75) is 4.90 Å². The summed E-state index contributed by atoms with van der Waals surface area (Å²) in [4.78, 5) is 10.4. The molecule has 4 N–H and O–H groups in total. The fourth-order valence-corrected chi connectivity index (χ4v) is 1.69. The SMILES string of the molecule is CS(=O)(=O)c1ccc(O)c(C=NNC(N)=O)c1. The number of carbonyl (C=O) groups is 1. The number of rotatable bonds is 3. The standard InChI is InChI=1S/C9H11N3O4S/c1-17(15,16)7-2-3-8(13)6(4-7)5-11-12-9(10)14/h2-5,13H,1H3,(H3,10,12,14). The first kappa shape index (κ1) is 13.0. The first-order valence-electron chi connectivity index (χ1n) is 4.42. The molecule has 0 atom stereocenters. The zero-order valence-electron chi connectivity index (χ0n) is 8.91. The molecule has 0 aliphatic heterocycles. The van der Waals surface area contributed by atoms with Crippen molar-refractivity contribution in [2.75, 3.05) is 6.26 Å². The largest absolute Gasteiger partial charge is 0.507 e. The Balaban J connectivity index is 3.07. The lowest BCUT2D eigenvalue weighted by molar-refractivity contribution is 0.249. The van der Waals surface area contributed by atoms with Crippen molar-refractivity contribution in [1.29, 1.82) is 0 Å². The molecule has 1 aromatic carbocycles. The molecule has 0 bridgehead atoms. The van der Waals surface area contributed by atoms with Gasteiger partial charge in [0.2, 0.25) is 0 Å². The highest BCUT2D eigenvalue weighted by molar-refractivity contribution is 7.90. The minimum Gasteiger partial charge on any atom is -0.507 e. The second kappa shape index (κ2) is 4.83. The van der Waals surface area contributed by atoms with E-state index in [4.69, 9.17) is 5.73 Å². The van der Waals surface area contributed by atoms with Crippen molar-refractivity contribution in [3.63, 3.8) is 0 Å². The van der Waals surface area contributed by atoms with Crippen LogP contribution in [0.5, 0.6) is 5.75 Å². The number of aromatic hydroxyl groups is 1. The molecule has 0 aromatic heterocycles. The average Bonchev–Trinajstić information content (AvgIpc) is 2.18. The van der Waals surface area contributed by atoms with Crippen LogP contribution in [0.3, 0.4) is 0 Å². The van der Waals surface area contributed by atoms with Crippen molar-refractivity contribution < 1.29 is 18.3 Å². The number of benzene rings is 1. The lowest BCUT2D eigenvalue weighted by Crippen LogP contribution is -2.24. The summed E-state index contributed by atoms with van der Waals surface area (Å²) in [5.74, 6) is -0.160. The minimum atomic E-state index is -3.37. The normalized spacial score (nSPS) is 11.6. The molecule has 7 nitrogen and oxygen atoms in total. The van der Waals surface area contributed by atoms with Gasteiger partial charge in [-0.05, 0) is 18.2 Å². The third kappa shape index (κ3) is 3.76. The van der Waals surface area contributed by atoms with Gasteiger partial charge in [0.25, 0.3) is 0 Å². The number of hydrogen-bond acceptors (Lipinski definition) is 5. The van der Waals surface area contributed by atoms with Crippen LogP contribution in [0.1, 0.15) is 5.56 Å². The maximum absolute atomic E-state index is 11.3. The molecule has 0 aliphatic rings. The number of phenols is 1. The number of sulfone groups is 1. The van der Waals surface area contributed by atoms with E-state index in [1.807, 2.05) is 5.43 Å². The smallest absolute Gasteiger partial charge is 0.332 e.